The van der Waals surface area contributed by atoms with Gasteiger partial charge in [-0.25, -0.2) is 14.4 Å². The summed E-state index contributed by atoms with van der Waals surface area (Å²) in [5, 5.41) is 0. The number of imidazole rings is 2. The first-order chi connectivity index (χ1) is 9.69. The van der Waals surface area contributed by atoms with Crippen LogP contribution in [0.1, 0.15) is 0 Å². The minimum atomic E-state index is -0.445. The molecule has 0 aliphatic rings. The van der Waals surface area contributed by atoms with E-state index < -0.39 is 5.82 Å². The van der Waals surface area contributed by atoms with Gasteiger partial charge in [0.05, 0.1) is 24.5 Å². The zero-order chi connectivity index (χ0) is 14.1. The van der Waals surface area contributed by atoms with E-state index in [1.54, 1.807) is 18.6 Å². The monoisotopic (exact) mass is 275 g/mol. The van der Waals surface area contributed by atoms with E-state index in [-0.39, 0.29) is 5.75 Å². The lowest BCUT2D eigenvalue weighted by atomic mass is 10.3. The number of nitrogens with two attached hydrogens (primary N) is 1. The van der Waals surface area contributed by atoms with Crippen molar-refractivity contribution >= 4 is 17.0 Å². The molecule has 20 heavy (non-hydrogen) atoms. The molecule has 3 aromatic rings. The van der Waals surface area contributed by atoms with Crippen LogP contribution in [0.15, 0.2) is 30.9 Å². The van der Waals surface area contributed by atoms with Crippen LogP contribution in [0.3, 0.4) is 0 Å². The van der Waals surface area contributed by atoms with Gasteiger partial charge in [-0.1, -0.05) is 0 Å². The Hall–Kier alpha value is -2.57. The van der Waals surface area contributed by atoms with Crippen LogP contribution in [0.25, 0.3) is 11.0 Å². The van der Waals surface area contributed by atoms with Crippen LogP contribution >= 0.6 is 0 Å². The van der Waals surface area contributed by atoms with Crippen LogP contribution in [-0.4, -0.2) is 26.2 Å². The van der Waals surface area contributed by atoms with Crippen molar-refractivity contribution in [2.24, 2.45) is 0 Å². The Morgan fingerprint density at radius 2 is 2.20 bits per heavy atom. The minimum absolute atomic E-state index is 0.182. The summed E-state index contributed by atoms with van der Waals surface area (Å²) in [5.74, 6) is 0.0910. The molecule has 1 aromatic carbocycles. The molecule has 0 radical (unpaired) electrons. The average Bonchev–Trinajstić information content (AvgIpc) is 3.03. The Kier molecular flexibility index (Phi) is 3.02. The Labute approximate surface area is 114 Å². The van der Waals surface area contributed by atoms with Crippen molar-refractivity contribution in [3.05, 3.63) is 36.7 Å². The normalized spacial score (nSPS) is 11.1. The van der Waals surface area contributed by atoms with Gasteiger partial charge >= 0.3 is 0 Å². The molecule has 2 N–H and O–H groups in total. The zero-order valence-electron chi connectivity index (χ0n) is 11.0. The maximum Gasteiger partial charge on any atom is 0.201 e. The van der Waals surface area contributed by atoms with Crippen molar-refractivity contribution in [1.82, 2.24) is 19.1 Å². The highest BCUT2D eigenvalue weighted by atomic mass is 19.1. The van der Waals surface area contributed by atoms with Crippen molar-refractivity contribution in [2.75, 3.05) is 12.8 Å². The zero-order valence-corrected chi connectivity index (χ0v) is 11.0. The molecule has 0 aliphatic carbocycles. The Morgan fingerprint density at radius 1 is 1.35 bits per heavy atom. The largest absolute Gasteiger partial charge is 0.494 e. The number of nitrogen functional groups attached to an aromatic ring is 1. The van der Waals surface area contributed by atoms with Crippen molar-refractivity contribution in [2.45, 2.75) is 13.1 Å². The first-order valence-corrected chi connectivity index (χ1v) is 6.14. The molecule has 7 heteroatoms. The quantitative estimate of drug-likeness (QED) is 0.786. The number of hydrogen-bond acceptors (Lipinski definition) is 4. The average molecular weight is 275 g/mol. The first kappa shape index (κ1) is 12.5. The molecule has 0 bridgehead atoms. The number of aryl methyl sites for hydroxylation is 2. The summed E-state index contributed by atoms with van der Waals surface area (Å²) in [5.41, 5.74) is 7.17. The summed E-state index contributed by atoms with van der Waals surface area (Å²) in [4.78, 5) is 8.15. The molecule has 0 saturated carbocycles. The lowest BCUT2D eigenvalue weighted by Crippen LogP contribution is -2.09. The number of nitrogens with zero attached hydrogens (tertiary/aromatic N) is 4. The second kappa shape index (κ2) is 4.84. The molecule has 6 nitrogen and oxygen atoms in total. The SMILES string of the molecule is COc1cc2c(cc1F)nc(N)n2CCn1ccnc1. The molecule has 0 aliphatic heterocycles. The van der Waals surface area contributed by atoms with Crippen molar-refractivity contribution < 1.29 is 9.13 Å². The Balaban J connectivity index is 1.98. The van der Waals surface area contributed by atoms with E-state index in [2.05, 4.69) is 9.97 Å². The summed E-state index contributed by atoms with van der Waals surface area (Å²) in [6, 6.07) is 2.94. The molecule has 0 spiro atoms. The molecular formula is C13H14FN5O. The van der Waals surface area contributed by atoms with E-state index in [9.17, 15) is 4.39 Å². The third-order valence-corrected chi connectivity index (χ3v) is 3.19. The molecule has 0 unspecified atom stereocenters. The molecule has 0 fully saturated rings. The fraction of sp³-hybridized carbons (Fsp3) is 0.231. The molecule has 104 valence electrons. The fourth-order valence-corrected chi connectivity index (χ4v) is 2.17. The molecular weight excluding hydrogens is 261 g/mol. The standard InChI is InChI=1S/C13H14FN5O/c1-20-12-7-11-10(6-9(12)14)17-13(15)19(11)5-4-18-3-2-16-8-18/h2-3,6-8H,4-5H2,1H3,(H2,15,17). The number of rotatable bonds is 4. The van der Waals surface area contributed by atoms with Gasteiger partial charge in [0, 0.05) is 37.6 Å². The molecule has 0 saturated heterocycles. The summed E-state index contributed by atoms with van der Waals surface area (Å²) >= 11 is 0. The van der Waals surface area contributed by atoms with Gasteiger partial charge in [0.15, 0.2) is 11.6 Å². The lowest BCUT2D eigenvalue weighted by molar-refractivity contribution is 0.387. The van der Waals surface area contributed by atoms with Crippen molar-refractivity contribution in [1.29, 1.82) is 0 Å². The number of methoxy groups -OCH3 is 1. The summed E-state index contributed by atoms with van der Waals surface area (Å²) in [6.45, 7) is 1.32. The number of fused-ring (bicyclic) bond motifs is 1. The number of aromatic nitrogens is 4. The minimum Gasteiger partial charge on any atom is -0.494 e. The number of hydrogen-bond donors (Lipinski definition) is 1. The van der Waals surface area contributed by atoms with Gasteiger partial charge in [-0.3, -0.25) is 0 Å². The second-order valence-corrected chi connectivity index (χ2v) is 4.40. The molecule has 3 rings (SSSR count). The maximum absolute atomic E-state index is 13.6. The molecule has 2 aromatic heterocycles. The number of ether oxygens (including phenoxy) is 1. The van der Waals surface area contributed by atoms with Gasteiger partial charge in [0.2, 0.25) is 5.95 Å². The number of halogens is 1. The number of benzene rings is 1. The molecule has 0 amide bonds. The van der Waals surface area contributed by atoms with E-state index in [0.717, 1.165) is 5.52 Å². The Morgan fingerprint density at radius 3 is 2.90 bits per heavy atom. The van der Waals surface area contributed by atoms with Gasteiger partial charge < -0.3 is 19.6 Å². The smallest absolute Gasteiger partial charge is 0.201 e. The molecule has 0 atom stereocenters. The maximum atomic E-state index is 13.6. The van der Waals surface area contributed by atoms with Gasteiger partial charge in [-0.05, 0) is 0 Å². The topological polar surface area (TPSA) is 70.9 Å². The van der Waals surface area contributed by atoms with E-state index in [0.29, 0.717) is 24.6 Å². The highest BCUT2D eigenvalue weighted by Gasteiger charge is 2.12. The predicted molar refractivity (Wildman–Crippen MR) is 72.9 cm³/mol. The van der Waals surface area contributed by atoms with Crippen LogP contribution in [-0.2, 0) is 13.1 Å². The van der Waals surface area contributed by atoms with Gasteiger partial charge in [-0.2, -0.15) is 0 Å². The van der Waals surface area contributed by atoms with Crippen LogP contribution in [0.2, 0.25) is 0 Å². The van der Waals surface area contributed by atoms with Crippen LogP contribution in [0, 0.1) is 5.82 Å². The van der Waals surface area contributed by atoms with Crippen molar-refractivity contribution in [3.63, 3.8) is 0 Å². The number of anilines is 1. The first-order valence-electron chi connectivity index (χ1n) is 6.14. The van der Waals surface area contributed by atoms with E-state index >= 15 is 0 Å². The van der Waals surface area contributed by atoms with Crippen LogP contribution in [0.5, 0.6) is 5.75 Å². The predicted octanol–water partition coefficient (Wildman–Crippen LogP) is 1.66. The van der Waals surface area contributed by atoms with Crippen LogP contribution < -0.4 is 10.5 Å². The highest BCUT2D eigenvalue weighted by molar-refractivity contribution is 5.80. The van der Waals surface area contributed by atoms with E-state index in [1.807, 2.05) is 15.3 Å². The van der Waals surface area contributed by atoms with Gasteiger partial charge in [0.25, 0.3) is 0 Å². The van der Waals surface area contributed by atoms with Gasteiger partial charge in [-0.15, -0.1) is 0 Å². The van der Waals surface area contributed by atoms with Gasteiger partial charge in [0.1, 0.15) is 0 Å². The lowest BCUT2D eigenvalue weighted by Gasteiger charge is -2.08. The summed E-state index contributed by atoms with van der Waals surface area (Å²) in [6.07, 6.45) is 5.32. The molecule has 2 heterocycles. The van der Waals surface area contributed by atoms with Crippen molar-refractivity contribution in [3.8, 4) is 5.75 Å². The summed E-state index contributed by atoms with van der Waals surface area (Å²) < 4.78 is 22.4. The highest BCUT2D eigenvalue weighted by Crippen LogP contribution is 2.26. The van der Waals surface area contributed by atoms with E-state index in [4.69, 9.17) is 10.5 Å². The van der Waals surface area contributed by atoms with Crippen LogP contribution in [0.4, 0.5) is 10.3 Å². The third-order valence-electron chi connectivity index (χ3n) is 3.19. The second-order valence-electron chi connectivity index (χ2n) is 4.40. The third kappa shape index (κ3) is 2.07. The summed E-state index contributed by atoms with van der Waals surface area (Å²) in [7, 11) is 1.43. The fourth-order valence-electron chi connectivity index (χ4n) is 2.17. The van der Waals surface area contributed by atoms with E-state index in [1.165, 1.54) is 13.2 Å². The Bertz CT molecular complexity index is 735.